The Balaban J connectivity index is 1.52. The van der Waals surface area contributed by atoms with E-state index in [1.807, 2.05) is 0 Å². The summed E-state index contributed by atoms with van der Waals surface area (Å²) in [5.74, 6) is -0.945. The molecule has 2 aromatic rings. The second kappa shape index (κ2) is 7.29. The first kappa shape index (κ1) is 16.9. The van der Waals surface area contributed by atoms with E-state index < -0.39 is 12.1 Å². The maximum absolute atomic E-state index is 13.0. The van der Waals surface area contributed by atoms with Crippen LogP contribution >= 0.6 is 0 Å². The minimum atomic E-state index is -0.627. The van der Waals surface area contributed by atoms with Crippen molar-refractivity contribution in [3.05, 3.63) is 65.7 Å². The molecule has 3 rings (SSSR count). The molecule has 0 radical (unpaired) electrons. The van der Waals surface area contributed by atoms with Crippen molar-refractivity contribution in [2.75, 3.05) is 11.4 Å². The van der Waals surface area contributed by atoms with Crippen LogP contribution in [0.5, 0.6) is 0 Å². The zero-order valence-corrected chi connectivity index (χ0v) is 13.3. The summed E-state index contributed by atoms with van der Waals surface area (Å²) in [5, 5.41) is 5.27. The van der Waals surface area contributed by atoms with E-state index in [2.05, 4.69) is 10.6 Å². The highest BCUT2D eigenvalue weighted by Gasteiger charge is 2.33. The monoisotopic (exact) mass is 345 g/mol. The number of benzene rings is 2. The van der Waals surface area contributed by atoms with E-state index in [1.165, 1.54) is 41.3 Å². The fraction of sp³-hybridized carbons (Fsp3) is 0.222. The first-order valence-electron chi connectivity index (χ1n) is 7.89. The molecule has 1 fully saturated rings. The molecular weight excluding hydrogens is 328 g/mol. The Labute approximate surface area is 143 Å². The zero-order chi connectivity index (χ0) is 17.8. The Hall–Kier alpha value is -2.96. The fourth-order valence-electron chi connectivity index (χ4n) is 2.69. The fourth-order valence-corrected chi connectivity index (χ4v) is 2.69. The standard InChI is InChI=1S/C18H17F2N3O2/c19-13-3-1-12(2-4-13)11-21-18(25)22-16-9-10-23(17(16)24)15-7-5-14(20)6-8-15/h1-8,16H,9-11H2,(H2,21,22,25). The number of anilines is 1. The molecule has 3 amide bonds. The molecule has 0 aromatic heterocycles. The SMILES string of the molecule is O=C(NCc1ccc(F)cc1)NC1CCN(c2ccc(F)cc2)C1=O. The van der Waals surface area contributed by atoms with Gasteiger partial charge in [-0.1, -0.05) is 12.1 Å². The van der Waals surface area contributed by atoms with Crippen LogP contribution in [-0.4, -0.2) is 24.5 Å². The molecular formula is C18H17F2N3O2. The third kappa shape index (κ3) is 4.12. The summed E-state index contributed by atoms with van der Waals surface area (Å²) in [6.07, 6.45) is 0.472. The first-order chi connectivity index (χ1) is 12.0. The third-order valence-electron chi connectivity index (χ3n) is 4.02. The Morgan fingerprint density at radius 3 is 2.28 bits per heavy atom. The maximum atomic E-state index is 13.0. The molecule has 7 heteroatoms. The van der Waals surface area contributed by atoms with Gasteiger partial charge in [0.1, 0.15) is 17.7 Å². The smallest absolute Gasteiger partial charge is 0.315 e. The number of rotatable bonds is 4. The van der Waals surface area contributed by atoms with Crippen molar-refractivity contribution in [1.82, 2.24) is 10.6 Å². The summed E-state index contributed by atoms with van der Waals surface area (Å²) in [6.45, 7) is 0.683. The van der Waals surface area contributed by atoms with Crippen LogP contribution in [0, 0.1) is 11.6 Å². The van der Waals surface area contributed by atoms with Gasteiger partial charge in [0.25, 0.3) is 0 Å². The van der Waals surface area contributed by atoms with Gasteiger partial charge in [-0.25, -0.2) is 13.6 Å². The van der Waals surface area contributed by atoms with Gasteiger partial charge in [-0.05, 0) is 48.4 Å². The van der Waals surface area contributed by atoms with E-state index >= 15 is 0 Å². The summed E-state index contributed by atoms with van der Waals surface area (Å²) in [4.78, 5) is 25.9. The van der Waals surface area contributed by atoms with Gasteiger partial charge in [0, 0.05) is 18.8 Å². The molecule has 1 heterocycles. The molecule has 130 valence electrons. The number of nitrogens with one attached hydrogen (secondary N) is 2. The van der Waals surface area contributed by atoms with Gasteiger partial charge < -0.3 is 15.5 Å². The van der Waals surface area contributed by atoms with E-state index in [4.69, 9.17) is 0 Å². The van der Waals surface area contributed by atoms with Crippen molar-refractivity contribution in [3.8, 4) is 0 Å². The highest BCUT2D eigenvalue weighted by atomic mass is 19.1. The van der Waals surface area contributed by atoms with E-state index in [0.717, 1.165) is 5.56 Å². The molecule has 1 atom stereocenters. The normalized spacial score (nSPS) is 16.8. The molecule has 0 aliphatic carbocycles. The number of hydrogen-bond acceptors (Lipinski definition) is 2. The average Bonchev–Trinajstić information content (AvgIpc) is 2.96. The molecule has 1 aliphatic rings. The van der Waals surface area contributed by atoms with Crippen LogP contribution in [-0.2, 0) is 11.3 Å². The van der Waals surface area contributed by atoms with Crippen LogP contribution in [0.25, 0.3) is 0 Å². The number of carbonyl (C=O) groups excluding carboxylic acids is 2. The van der Waals surface area contributed by atoms with Crippen molar-refractivity contribution in [2.45, 2.75) is 19.0 Å². The average molecular weight is 345 g/mol. The number of urea groups is 1. The highest BCUT2D eigenvalue weighted by Crippen LogP contribution is 2.21. The van der Waals surface area contributed by atoms with Gasteiger partial charge in [-0.15, -0.1) is 0 Å². The topological polar surface area (TPSA) is 61.4 Å². The van der Waals surface area contributed by atoms with Gasteiger partial charge in [0.15, 0.2) is 0 Å². The molecule has 5 nitrogen and oxygen atoms in total. The van der Waals surface area contributed by atoms with Crippen LogP contribution in [0.2, 0.25) is 0 Å². The lowest BCUT2D eigenvalue weighted by Gasteiger charge is -2.17. The van der Waals surface area contributed by atoms with Crippen LogP contribution in [0.3, 0.4) is 0 Å². The lowest BCUT2D eigenvalue weighted by molar-refractivity contribution is -0.118. The summed E-state index contributed by atoms with van der Waals surface area (Å²) >= 11 is 0. The van der Waals surface area contributed by atoms with Crippen molar-refractivity contribution < 1.29 is 18.4 Å². The molecule has 2 aromatic carbocycles. The molecule has 1 saturated heterocycles. The minimum absolute atomic E-state index is 0.231. The van der Waals surface area contributed by atoms with Crippen molar-refractivity contribution in [1.29, 1.82) is 0 Å². The van der Waals surface area contributed by atoms with Crippen molar-refractivity contribution >= 4 is 17.6 Å². The quantitative estimate of drug-likeness (QED) is 0.895. The van der Waals surface area contributed by atoms with E-state index in [-0.39, 0.29) is 24.1 Å². The van der Waals surface area contributed by atoms with Crippen LogP contribution in [0.4, 0.5) is 19.3 Å². The van der Waals surface area contributed by atoms with Gasteiger partial charge in [-0.3, -0.25) is 4.79 Å². The van der Waals surface area contributed by atoms with E-state index in [1.54, 1.807) is 12.1 Å². The zero-order valence-electron chi connectivity index (χ0n) is 13.3. The largest absolute Gasteiger partial charge is 0.334 e. The van der Waals surface area contributed by atoms with Crippen LogP contribution in [0.15, 0.2) is 48.5 Å². The second-order valence-electron chi connectivity index (χ2n) is 5.76. The molecule has 25 heavy (non-hydrogen) atoms. The third-order valence-corrected chi connectivity index (χ3v) is 4.02. The van der Waals surface area contributed by atoms with Gasteiger partial charge in [0.05, 0.1) is 0 Å². The summed E-state index contributed by atoms with van der Waals surface area (Å²) < 4.78 is 25.8. The van der Waals surface area contributed by atoms with Crippen LogP contribution < -0.4 is 15.5 Å². The molecule has 1 unspecified atom stereocenters. The molecule has 0 saturated carbocycles. The summed E-state index contributed by atoms with van der Waals surface area (Å²) in [5.41, 5.74) is 1.35. The van der Waals surface area contributed by atoms with Gasteiger partial charge in [0.2, 0.25) is 5.91 Å². The molecule has 1 aliphatic heterocycles. The van der Waals surface area contributed by atoms with E-state index in [9.17, 15) is 18.4 Å². The predicted octanol–water partition coefficient (Wildman–Crippen LogP) is 2.57. The number of amides is 3. The Bertz CT molecular complexity index is 763. The lowest BCUT2D eigenvalue weighted by Crippen LogP contribution is -2.45. The second-order valence-corrected chi connectivity index (χ2v) is 5.76. The van der Waals surface area contributed by atoms with Gasteiger partial charge >= 0.3 is 6.03 Å². The Morgan fingerprint density at radius 2 is 1.64 bits per heavy atom. The number of carbonyl (C=O) groups is 2. The Kier molecular flexibility index (Phi) is 4.92. The minimum Gasteiger partial charge on any atom is -0.334 e. The summed E-state index contributed by atoms with van der Waals surface area (Å²) in [6, 6.07) is 10.3. The lowest BCUT2D eigenvalue weighted by atomic mass is 10.2. The van der Waals surface area contributed by atoms with Gasteiger partial charge in [-0.2, -0.15) is 0 Å². The van der Waals surface area contributed by atoms with Crippen molar-refractivity contribution in [2.24, 2.45) is 0 Å². The Morgan fingerprint density at radius 1 is 1.04 bits per heavy atom. The summed E-state index contributed by atoms with van der Waals surface area (Å²) in [7, 11) is 0. The highest BCUT2D eigenvalue weighted by molar-refractivity contribution is 6.01. The molecule has 2 N–H and O–H groups in total. The van der Waals surface area contributed by atoms with E-state index in [0.29, 0.717) is 18.7 Å². The molecule has 0 bridgehead atoms. The van der Waals surface area contributed by atoms with Crippen molar-refractivity contribution in [3.63, 3.8) is 0 Å². The molecule has 0 spiro atoms. The maximum Gasteiger partial charge on any atom is 0.315 e. The predicted molar refractivity (Wildman–Crippen MR) is 88.9 cm³/mol. The number of hydrogen-bond donors (Lipinski definition) is 2. The number of nitrogens with zero attached hydrogens (tertiary/aromatic N) is 1. The first-order valence-corrected chi connectivity index (χ1v) is 7.89. The number of halogens is 2. The van der Waals surface area contributed by atoms with Crippen LogP contribution in [0.1, 0.15) is 12.0 Å².